The van der Waals surface area contributed by atoms with E-state index >= 15 is 0 Å². The van der Waals surface area contributed by atoms with Crippen molar-refractivity contribution < 1.29 is 4.79 Å². The first kappa shape index (κ1) is 17.9. The van der Waals surface area contributed by atoms with Crippen molar-refractivity contribution in [1.29, 1.82) is 0 Å². The Bertz CT molecular complexity index is 733. The zero-order chi connectivity index (χ0) is 17.8. The second-order valence-electron chi connectivity index (χ2n) is 6.52. The summed E-state index contributed by atoms with van der Waals surface area (Å²) >= 11 is 1.54. The van der Waals surface area contributed by atoms with Crippen molar-refractivity contribution in [3.63, 3.8) is 0 Å². The summed E-state index contributed by atoms with van der Waals surface area (Å²) in [6, 6.07) is 0.427. The third-order valence-electron chi connectivity index (χ3n) is 4.82. The van der Waals surface area contributed by atoms with E-state index in [0.717, 1.165) is 35.6 Å². The van der Waals surface area contributed by atoms with Crippen molar-refractivity contribution in [2.75, 3.05) is 5.75 Å². The summed E-state index contributed by atoms with van der Waals surface area (Å²) in [4.78, 5) is 12.1. The summed E-state index contributed by atoms with van der Waals surface area (Å²) in [7, 11) is 1.91. The summed E-state index contributed by atoms with van der Waals surface area (Å²) in [5, 5.41) is 19.4. The highest BCUT2D eigenvalue weighted by atomic mass is 32.2. The minimum atomic E-state index is 0.0209. The van der Waals surface area contributed by atoms with Gasteiger partial charge >= 0.3 is 0 Å². The number of hydrogen-bond donors (Lipinski definition) is 1. The smallest absolute Gasteiger partial charge is 0.230 e. The predicted octanol–water partition coefficient (Wildman–Crippen LogP) is 1.69. The van der Waals surface area contributed by atoms with Crippen molar-refractivity contribution in [1.82, 2.24) is 35.3 Å². The molecule has 0 radical (unpaired) electrons. The number of nitrogens with zero attached hydrogens (tertiary/aromatic N) is 6. The van der Waals surface area contributed by atoms with Crippen LogP contribution in [-0.2, 0) is 24.1 Å². The van der Waals surface area contributed by atoms with Gasteiger partial charge in [-0.2, -0.15) is 5.10 Å². The molecule has 3 rings (SSSR count). The van der Waals surface area contributed by atoms with Crippen LogP contribution in [0, 0.1) is 13.8 Å². The van der Waals surface area contributed by atoms with E-state index in [2.05, 4.69) is 25.9 Å². The van der Waals surface area contributed by atoms with Crippen LogP contribution in [0.1, 0.15) is 54.5 Å². The first-order valence-electron chi connectivity index (χ1n) is 8.66. The van der Waals surface area contributed by atoms with E-state index in [9.17, 15) is 4.79 Å². The van der Waals surface area contributed by atoms with Gasteiger partial charge in [0.1, 0.15) is 0 Å². The summed E-state index contributed by atoms with van der Waals surface area (Å²) in [6.45, 7) is 4.50. The molecule has 1 aliphatic rings. The second-order valence-corrected chi connectivity index (χ2v) is 7.51. The molecule has 1 aliphatic carbocycles. The number of carbonyl (C=O) groups is 1. The number of thioether (sulfide) groups is 1. The minimum absolute atomic E-state index is 0.0209. The van der Waals surface area contributed by atoms with Crippen molar-refractivity contribution in [3.8, 4) is 0 Å². The molecule has 0 unspecified atom stereocenters. The van der Waals surface area contributed by atoms with Crippen molar-refractivity contribution in [2.24, 2.45) is 7.05 Å². The topological polar surface area (TPSA) is 90.5 Å². The van der Waals surface area contributed by atoms with Crippen LogP contribution in [0.2, 0.25) is 0 Å². The molecular weight excluding hydrogens is 338 g/mol. The van der Waals surface area contributed by atoms with Gasteiger partial charge in [0.15, 0.2) is 5.82 Å². The minimum Gasteiger partial charge on any atom is -0.351 e. The third kappa shape index (κ3) is 4.20. The van der Waals surface area contributed by atoms with Gasteiger partial charge < -0.3 is 5.32 Å². The molecule has 1 saturated carbocycles. The van der Waals surface area contributed by atoms with E-state index in [1.807, 2.05) is 30.3 Å². The standard InChI is InChI=1S/C16H25N7OS/c1-11-14(12(2)22(3)19-11)8-17-16(24)10-25-9-15-18-20-21-23(15)13-6-4-5-7-13/h13H,4-10H2,1-3H3,(H,17,24). The van der Waals surface area contributed by atoms with Crippen molar-refractivity contribution >= 4 is 17.7 Å². The highest BCUT2D eigenvalue weighted by Gasteiger charge is 2.21. The zero-order valence-electron chi connectivity index (χ0n) is 15.0. The van der Waals surface area contributed by atoms with Gasteiger partial charge in [0.2, 0.25) is 5.91 Å². The maximum atomic E-state index is 12.1. The average Bonchev–Trinajstić information content (AvgIpc) is 3.29. The van der Waals surface area contributed by atoms with Crippen molar-refractivity contribution in [3.05, 3.63) is 22.8 Å². The van der Waals surface area contributed by atoms with E-state index in [1.165, 1.54) is 12.8 Å². The number of tetrazole rings is 1. The first-order valence-corrected chi connectivity index (χ1v) is 9.82. The fourth-order valence-electron chi connectivity index (χ4n) is 3.29. The summed E-state index contributed by atoms with van der Waals surface area (Å²) in [5.41, 5.74) is 3.14. The van der Waals surface area contributed by atoms with Crippen LogP contribution in [0.15, 0.2) is 0 Å². The van der Waals surface area contributed by atoms with E-state index < -0.39 is 0 Å². The van der Waals surface area contributed by atoms with Gasteiger partial charge in [-0.1, -0.05) is 12.8 Å². The maximum Gasteiger partial charge on any atom is 0.230 e. The fraction of sp³-hybridized carbons (Fsp3) is 0.688. The number of nitrogens with one attached hydrogen (secondary N) is 1. The Labute approximate surface area is 151 Å². The molecule has 25 heavy (non-hydrogen) atoms. The second kappa shape index (κ2) is 7.99. The lowest BCUT2D eigenvalue weighted by atomic mass is 10.2. The Kier molecular flexibility index (Phi) is 5.72. The molecule has 1 N–H and O–H groups in total. The van der Waals surface area contributed by atoms with Crippen LogP contribution in [-0.4, -0.2) is 41.6 Å². The van der Waals surface area contributed by atoms with Gasteiger partial charge in [-0.05, 0) is 37.1 Å². The highest BCUT2D eigenvalue weighted by molar-refractivity contribution is 7.99. The molecule has 2 aromatic rings. The summed E-state index contributed by atoms with van der Waals surface area (Å²) in [6.07, 6.45) is 4.78. The Balaban J connectivity index is 1.45. The fourth-order valence-corrected chi connectivity index (χ4v) is 4.05. The molecule has 0 aromatic carbocycles. The van der Waals surface area contributed by atoms with Crippen LogP contribution in [0.4, 0.5) is 0 Å². The predicted molar refractivity (Wildman–Crippen MR) is 96.0 cm³/mol. The highest BCUT2D eigenvalue weighted by Crippen LogP contribution is 2.29. The lowest BCUT2D eigenvalue weighted by Gasteiger charge is -2.11. The largest absolute Gasteiger partial charge is 0.351 e. The van der Waals surface area contributed by atoms with E-state index in [4.69, 9.17) is 0 Å². The van der Waals surface area contributed by atoms with Gasteiger partial charge in [-0.15, -0.1) is 16.9 Å². The normalized spacial score (nSPS) is 15.0. The summed E-state index contributed by atoms with van der Waals surface area (Å²) in [5.74, 6) is 1.94. The molecule has 8 nitrogen and oxygen atoms in total. The molecule has 0 saturated heterocycles. The number of aromatic nitrogens is 6. The van der Waals surface area contributed by atoms with Gasteiger partial charge in [0, 0.05) is 24.8 Å². The molecular formula is C16H25N7OS. The van der Waals surface area contributed by atoms with Gasteiger partial charge in [0.25, 0.3) is 0 Å². The van der Waals surface area contributed by atoms with Crippen LogP contribution in [0.25, 0.3) is 0 Å². The lowest BCUT2D eigenvalue weighted by molar-refractivity contribution is -0.118. The molecule has 1 fully saturated rings. The van der Waals surface area contributed by atoms with Gasteiger partial charge in [0.05, 0.1) is 23.2 Å². The monoisotopic (exact) mass is 363 g/mol. The molecule has 9 heteroatoms. The Morgan fingerprint density at radius 1 is 1.32 bits per heavy atom. The van der Waals surface area contributed by atoms with Crippen LogP contribution < -0.4 is 5.32 Å². The molecule has 136 valence electrons. The van der Waals surface area contributed by atoms with E-state index in [-0.39, 0.29) is 5.91 Å². The molecule has 0 aliphatic heterocycles. The maximum absolute atomic E-state index is 12.1. The van der Waals surface area contributed by atoms with Crippen LogP contribution in [0.3, 0.4) is 0 Å². The number of rotatable bonds is 7. The van der Waals surface area contributed by atoms with Crippen LogP contribution >= 0.6 is 11.8 Å². The molecule has 2 heterocycles. The number of amides is 1. The first-order chi connectivity index (χ1) is 12.1. The van der Waals surface area contributed by atoms with Gasteiger partial charge in [-0.25, -0.2) is 4.68 Å². The number of carbonyl (C=O) groups excluding carboxylic acids is 1. The molecule has 0 bridgehead atoms. The lowest BCUT2D eigenvalue weighted by Crippen LogP contribution is -2.25. The molecule has 2 aromatic heterocycles. The summed E-state index contributed by atoms with van der Waals surface area (Å²) < 4.78 is 3.79. The zero-order valence-corrected chi connectivity index (χ0v) is 15.8. The average molecular weight is 363 g/mol. The Hall–Kier alpha value is -1.90. The number of hydrogen-bond acceptors (Lipinski definition) is 6. The quantitative estimate of drug-likeness (QED) is 0.805. The van der Waals surface area contributed by atoms with E-state index in [1.54, 1.807) is 11.8 Å². The molecule has 0 atom stereocenters. The molecule has 1 amide bonds. The van der Waals surface area contributed by atoms with Gasteiger partial charge in [-0.3, -0.25) is 9.48 Å². The Morgan fingerprint density at radius 2 is 2.08 bits per heavy atom. The van der Waals surface area contributed by atoms with E-state index in [0.29, 0.717) is 24.1 Å². The molecule has 0 spiro atoms. The Morgan fingerprint density at radius 3 is 2.76 bits per heavy atom. The van der Waals surface area contributed by atoms with Crippen molar-refractivity contribution in [2.45, 2.75) is 57.9 Å². The SMILES string of the molecule is Cc1nn(C)c(C)c1CNC(=O)CSCc1nnnn1C1CCCC1. The third-order valence-corrected chi connectivity index (χ3v) is 5.75. The van der Waals surface area contributed by atoms with Crippen LogP contribution in [0.5, 0.6) is 0 Å². The number of aryl methyl sites for hydroxylation is 2.